The lowest BCUT2D eigenvalue weighted by Gasteiger charge is -2.38. The van der Waals surface area contributed by atoms with Gasteiger partial charge in [-0.25, -0.2) is 4.79 Å². The quantitative estimate of drug-likeness (QED) is 0.813. The predicted molar refractivity (Wildman–Crippen MR) is 78.9 cm³/mol. The minimum atomic E-state index is -0.508. The molecule has 0 spiro atoms. The molecule has 0 aromatic carbocycles. The van der Waals surface area contributed by atoms with Crippen LogP contribution in [0.2, 0.25) is 0 Å². The Hall–Kier alpha value is -1.26. The molecule has 1 amide bonds. The molecule has 2 rings (SSSR count). The van der Waals surface area contributed by atoms with Gasteiger partial charge in [0.05, 0.1) is 12.0 Å². The second-order valence-electron chi connectivity index (χ2n) is 7.44. The summed E-state index contributed by atoms with van der Waals surface area (Å²) < 4.78 is 10.6. The van der Waals surface area contributed by atoms with Gasteiger partial charge in [0.1, 0.15) is 5.60 Å². The third-order valence-corrected chi connectivity index (χ3v) is 4.54. The van der Waals surface area contributed by atoms with Crippen LogP contribution in [0.4, 0.5) is 4.79 Å². The second kappa shape index (κ2) is 5.50. The molecule has 1 N–H and O–H groups in total. The number of fused-ring (bicyclic) bond motifs is 2. The molecule has 21 heavy (non-hydrogen) atoms. The van der Waals surface area contributed by atoms with E-state index in [1.807, 2.05) is 27.7 Å². The summed E-state index contributed by atoms with van der Waals surface area (Å²) in [6.45, 7) is 7.79. The van der Waals surface area contributed by atoms with E-state index in [2.05, 4.69) is 5.32 Å². The van der Waals surface area contributed by atoms with Crippen molar-refractivity contribution >= 4 is 12.1 Å². The van der Waals surface area contributed by atoms with Crippen LogP contribution in [0, 0.1) is 5.41 Å². The van der Waals surface area contributed by atoms with Gasteiger partial charge < -0.3 is 14.8 Å². The third kappa shape index (κ3) is 3.50. The zero-order chi connectivity index (χ0) is 15.7. The Morgan fingerprint density at radius 2 is 1.86 bits per heavy atom. The molecule has 2 aliphatic carbocycles. The van der Waals surface area contributed by atoms with Crippen LogP contribution in [-0.2, 0) is 14.3 Å². The van der Waals surface area contributed by atoms with Crippen LogP contribution < -0.4 is 5.32 Å². The highest BCUT2D eigenvalue weighted by molar-refractivity contribution is 5.78. The molecule has 0 aromatic heterocycles. The van der Waals surface area contributed by atoms with Gasteiger partial charge in [0, 0.05) is 5.54 Å². The molecule has 0 heterocycles. The van der Waals surface area contributed by atoms with Crippen LogP contribution in [-0.4, -0.2) is 29.8 Å². The van der Waals surface area contributed by atoms with E-state index in [1.165, 1.54) is 0 Å². The van der Waals surface area contributed by atoms with Crippen molar-refractivity contribution in [3.8, 4) is 0 Å². The molecule has 2 fully saturated rings. The van der Waals surface area contributed by atoms with Crippen molar-refractivity contribution in [2.24, 2.45) is 5.41 Å². The summed E-state index contributed by atoms with van der Waals surface area (Å²) in [6, 6.07) is 0. The first-order valence-corrected chi connectivity index (χ1v) is 7.89. The fourth-order valence-electron chi connectivity index (χ4n) is 3.74. The van der Waals surface area contributed by atoms with Crippen molar-refractivity contribution in [2.75, 3.05) is 6.61 Å². The molecule has 2 unspecified atom stereocenters. The fourth-order valence-corrected chi connectivity index (χ4v) is 3.74. The highest BCUT2D eigenvalue weighted by Crippen LogP contribution is 2.54. The van der Waals surface area contributed by atoms with E-state index < -0.39 is 11.0 Å². The highest BCUT2D eigenvalue weighted by atomic mass is 16.6. The minimum Gasteiger partial charge on any atom is -0.466 e. The Morgan fingerprint density at radius 3 is 2.48 bits per heavy atom. The molecule has 0 radical (unpaired) electrons. The standard InChI is InChI=1S/C16H27NO4/c1-5-20-12(18)15-7-6-8-16(11-15,10-9-15)17-13(19)21-14(2,3)4/h5-11H2,1-4H3,(H,17,19). The molecule has 2 bridgehead atoms. The summed E-state index contributed by atoms with van der Waals surface area (Å²) in [6.07, 6.45) is 4.63. The van der Waals surface area contributed by atoms with Gasteiger partial charge in [0.25, 0.3) is 0 Å². The van der Waals surface area contributed by atoms with Crippen LogP contribution in [0.25, 0.3) is 0 Å². The number of ether oxygens (including phenoxy) is 2. The molecule has 2 aliphatic rings. The zero-order valence-corrected chi connectivity index (χ0v) is 13.6. The summed E-state index contributed by atoms with van der Waals surface area (Å²) in [5.41, 5.74) is -1.21. The van der Waals surface area contributed by atoms with Gasteiger partial charge in [-0.05, 0) is 66.2 Å². The summed E-state index contributed by atoms with van der Waals surface area (Å²) >= 11 is 0. The van der Waals surface area contributed by atoms with E-state index in [9.17, 15) is 9.59 Å². The number of nitrogens with one attached hydrogen (secondary N) is 1. The number of rotatable bonds is 3. The van der Waals surface area contributed by atoms with Gasteiger partial charge in [-0.15, -0.1) is 0 Å². The van der Waals surface area contributed by atoms with E-state index >= 15 is 0 Å². The predicted octanol–water partition coefficient (Wildman–Crippen LogP) is 3.17. The van der Waals surface area contributed by atoms with Crippen LogP contribution >= 0.6 is 0 Å². The number of hydrogen-bond donors (Lipinski definition) is 1. The Bertz CT molecular complexity index is 428. The van der Waals surface area contributed by atoms with Gasteiger partial charge in [-0.1, -0.05) is 0 Å². The summed E-state index contributed by atoms with van der Waals surface area (Å²) in [5.74, 6) is -0.0995. The zero-order valence-electron chi connectivity index (χ0n) is 13.6. The first-order chi connectivity index (χ1) is 9.70. The Kier molecular flexibility index (Phi) is 4.22. The highest BCUT2D eigenvalue weighted by Gasteiger charge is 2.56. The summed E-state index contributed by atoms with van der Waals surface area (Å²) in [7, 11) is 0. The van der Waals surface area contributed by atoms with Crippen molar-refractivity contribution < 1.29 is 19.1 Å². The second-order valence-corrected chi connectivity index (χ2v) is 7.44. The largest absolute Gasteiger partial charge is 0.466 e. The van der Waals surface area contributed by atoms with Crippen LogP contribution in [0.15, 0.2) is 0 Å². The smallest absolute Gasteiger partial charge is 0.408 e. The lowest BCUT2D eigenvalue weighted by atomic mass is 9.73. The minimum absolute atomic E-state index is 0.0995. The van der Waals surface area contributed by atoms with Crippen LogP contribution in [0.3, 0.4) is 0 Å². The molecule has 2 atom stereocenters. The van der Waals surface area contributed by atoms with Crippen molar-refractivity contribution in [1.29, 1.82) is 0 Å². The third-order valence-electron chi connectivity index (χ3n) is 4.54. The number of esters is 1. The molecule has 120 valence electrons. The maximum absolute atomic E-state index is 12.3. The molecule has 0 aromatic rings. The average Bonchev–Trinajstić information content (AvgIpc) is 2.59. The molecular weight excluding hydrogens is 270 g/mol. The van der Waals surface area contributed by atoms with E-state index in [0.29, 0.717) is 13.0 Å². The molecular formula is C16H27NO4. The summed E-state index contributed by atoms with van der Waals surface area (Å²) in [4.78, 5) is 24.3. The molecule has 0 saturated heterocycles. The number of hydrogen-bond acceptors (Lipinski definition) is 4. The summed E-state index contributed by atoms with van der Waals surface area (Å²) in [5, 5.41) is 3.03. The van der Waals surface area contributed by atoms with Gasteiger partial charge in [-0.2, -0.15) is 0 Å². The topological polar surface area (TPSA) is 64.6 Å². The Labute approximate surface area is 126 Å². The van der Waals surface area contributed by atoms with Crippen LogP contribution in [0.1, 0.15) is 66.2 Å². The van der Waals surface area contributed by atoms with Crippen molar-refractivity contribution in [2.45, 2.75) is 77.4 Å². The van der Waals surface area contributed by atoms with E-state index in [1.54, 1.807) is 0 Å². The van der Waals surface area contributed by atoms with Gasteiger partial charge >= 0.3 is 12.1 Å². The lowest BCUT2D eigenvalue weighted by Crippen LogP contribution is -2.51. The maximum Gasteiger partial charge on any atom is 0.408 e. The van der Waals surface area contributed by atoms with Crippen LogP contribution in [0.5, 0.6) is 0 Å². The molecule has 0 aliphatic heterocycles. The van der Waals surface area contributed by atoms with Gasteiger partial charge in [0.2, 0.25) is 0 Å². The molecule has 5 heteroatoms. The maximum atomic E-state index is 12.3. The fraction of sp³-hybridized carbons (Fsp3) is 0.875. The molecule has 5 nitrogen and oxygen atoms in total. The normalized spacial score (nSPS) is 31.6. The van der Waals surface area contributed by atoms with Crippen molar-refractivity contribution in [3.05, 3.63) is 0 Å². The molecule has 2 saturated carbocycles. The lowest BCUT2D eigenvalue weighted by molar-refractivity contribution is -0.157. The first kappa shape index (κ1) is 16.1. The van der Waals surface area contributed by atoms with Gasteiger partial charge in [0.15, 0.2) is 0 Å². The average molecular weight is 297 g/mol. The van der Waals surface area contributed by atoms with E-state index in [-0.39, 0.29) is 17.6 Å². The van der Waals surface area contributed by atoms with E-state index in [4.69, 9.17) is 9.47 Å². The van der Waals surface area contributed by atoms with Crippen molar-refractivity contribution in [1.82, 2.24) is 5.32 Å². The van der Waals surface area contributed by atoms with Gasteiger partial charge in [-0.3, -0.25) is 4.79 Å². The number of alkyl carbamates (subject to hydrolysis) is 1. The van der Waals surface area contributed by atoms with Crippen molar-refractivity contribution in [3.63, 3.8) is 0 Å². The number of carbonyl (C=O) groups excluding carboxylic acids is 2. The Balaban J connectivity index is 2.04. The Morgan fingerprint density at radius 1 is 1.14 bits per heavy atom. The number of carbonyl (C=O) groups is 2. The first-order valence-electron chi connectivity index (χ1n) is 7.89. The van der Waals surface area contributed by atoms with E-state index in [0.717, 1.165) is 32.1 Å². The monoisotopic (exact) mass is 297 g/mol. The number of amides is 1. The SMILES string of the molecule is CCOC(=O)C12CCCC(NC(=O)OC(C)(C)C)(CC1)C2.